The molecule has 0 saturated carbocycles. The number of phenolic OH excluding ortho intramolecular Hbond substituents is 1. The second kappa shape index (κ2) is 11.8. The molecule has 3 aliphatic rings. The average Bonchev–Trinajstić information content (AvgIpc) is 3.54. The smallest absolute Gasteiger partial charge is 0.416 e. The van der Waals surface area contributed by atoms with Crippen LogP contribution in [0, 0.1) is 17.8 Å². The van der Waals surface area contributed by atoms with Crippen LogP contribution in [0.3, 0.4) is 0 Å². The van der Waals surface area contributed by atoms with Crippen molar-refractivity contribution in [1.29, 1.82) is 0 Å². The number of amides is 2. The predicted octanol–water partition coefficient (Wildman–Crippen LogP) is 8.29. The summed E-state index contributed by atoms with van der Waals surface area (Å²) in [6, 6.07) is 17.3. The molecule has 5 nitrogen and oxygen atoms in total. The van der Waals surface area contributed by atoms with Crippen LogP contribution in [0.5, 0.6) is 5.75 Å². The van der Waals surface area contributed by atoms with E-state index in [4.69, 9.17) is 4.74 Å². The van der Waals surface area contributed by atoms with Crippen LogP contribution in [0.4, 0.5) is 32.0 Å². The Balaban J connectivity index is 1.28. The van der Waals surface area contributed by atoms with Crippen molar-refractivity contribution in [3.63, 3.8) is 0 Å². The van der Waals surface area contributed by atoms with Crippen LogP contribution < -0.4 is 4.90 Å². The number of fused-ring (bicyclic) bond motifs is 3. The topological polar surface area (TPSA) is 66.8 Å². The fraction of sp³-hybridized carbons (Fsp3) is 0.314. The SMILES string of the molecule is CC1=C2[C@@H](CC/C(=C/c3ccccc3O)c3ccccc3)OC[C@@H]2[C@@H]2C(=O)N(c3cc(C(F)(F)F)cc(C(F)(F)F)c3)C(=O)[C@@H]2C1. The first-order valence-electron chi connectivity index (χ1n) is 14.8. The number of carbonyl (C=O) groups is 2. The average molecular weight is 642 g/mol. The highest BCUT2D eigenvalue weighted by Crippen LogP contribution is 2.51. The fourth-order valence-electron chi connectivity index (χ4n) is 6.99. The van der Waals surface area contributed by atoms with Gasteiger partial charge in [-0.2, -0.15) is 26.3 Å². The Morgan fingerprint density at radius 3 is 2.15 bits per heavy atom. The molecule has 0 bridgehead atoms. The summed E-state index contributed by atoms with van der Waals surface area (Å²) >= 11 is 0. The molecular formula is C35H29F6NO4. The molecule has 4 atom stereocenters. The molecule has 240 valence electrons. The van der Waals surface area contributed by atoms with E-state index in [1.165, 1.54) is 0 Å². The Morgan fingerprint density at radius 2 is 1.52 bits per heavy atom. The van der Waals surface area contributed by atoms with Gasteiger partial charge in [0.2, 0.25) is 11.8 Å². The van der Waals surface area contributed by atoms with E-state index in [1.807, 2.05) is 49.4 Å². The van der Waals surface area contributed by atoms with Crippen LogP contribution in [0.15, 0.2) is 83.9 Å². The maximum absolute atomic E-state index is 13.7. The maximum Gasteiger partial charge on any atom is 0.416 e. The molecule has 0 spiro atoms. The lowest BCUT2D eigenvalue weighted by atomic mass is 9.70. The van der Waals surface area contributed by atoms with Gasteiger partial charge in [-0.1, -0.05) is 54.1 Å². The highest BCUT2D eigenvalue weighted by molar-refractivity contribution is 6.22. The number of benzene rings is 3. The summed E-state index contributed by atoms with van der Waals surface area (Å²) in [6.45, 7) is 1.91. The highest BCUT2D eigenvalue weighted by atomic mass is 19.4. The standard InChI is InChI=1S/C35H29F6NO4/c1-19-13-26-31(33(45)42(32(26)44)25-16-23(34(36,37)38)15-24(17-25)35(39,40)41)27-18-46-29(30(19)27)12-11-21(20-7-3-2-4-8-20)14-22-9-5-6-10-28(22)43/h2-10,14-17,26-27,29,31,43H,11-13,18H2,1H3/b21-14-/t26-,27+,29-,31-/m1/s1. The first kappa shape index (κ1) is 31.6. The minimum atomic E-state index is -5.13. The van der Waals surface area contributed by atoms with Gasteiger partial charge in [0.05, 0.1) is 41.4 Å². The van der Waals surface area contributed by atoms with E-state index in [0.29, 0.717) is 35.4 Å². The molecule has 3 aromatic carbocycles. The van der Waals surface area contributed by atoms with E-state index in [1.54, 1.807) is 18.2 Å². The van der Waals surface area contributed by atoms with E-state index in [2.05, 4.69) is 0 Å². The molecule has 1 aliphatic carbocycles. The van der Waals surface area contributed by atoms with Crippen LogP contribution in [-0.2, 0) is 26.7 Å². The first-order valence-corrected chi connectivity index (χ1v) is 14.8. The molecule has 3 aromatic rings. The van der Waals surface area contributed by atoms with Gasteiger partial charge in [0.25, 0.3) is 0 Å². The molecular weight excluding hydrogens is 612 g/mol. The van der Waals surface area contributed by atoms with Crippen molar-refractivity contribution < 1.29 is 45.8 Å². The number of halogens is 6. The summed E-state index contributed by atoms with van der Waals surface area (Å²) in [5, 5.41) is 10.4. The molecule has 2 aliphatic heterocycles. The number of hydrogen-bond donors (Lipinski definition) is 1. The predicted molar refractivity (Wildman–Crippen MR) is 158 cm³/mol. The first-order chi connectivity index (χ1) is 21.7. The van der Waals surface area contributed by atoms with E-state index in [9.17, 15) is 41.0 Å². The Morgan fingerprint density at radius 1 is 0.891 bits per heavy atom. The third kappa shape index (κ3) is 5.84. The van der Waals surface area contributed by atoms with Crippen LogP contribution >= 0.6 is 0 Å². The molecule has 0 radical (unpaired) electrons. The van der Waals surface area contributed by atoms with Crippen molar-refractivity contribution in [2.24, 2.45) is 17.8 Å². The van der Waals surface area contributed by atoms with Gasteiger partial charge in [-0.25, -0.2) is 4.90 Å². The van der Waals surface area contributed by atoms with Gasteiger partial charge in [-0.15, -0.1) is 0 Å². The Kier molecular flexibility index (Phi) is 8.08. The summed E-state index contributed by atoms with van der Waals surface area (Å²) < 4.78 is 87.6. The van der Waals surface area contributed by atoms with Crippen molar-refractivity contribution in [3.8, 4) is 5.75 Å². The number of imide groups is 1. The zero-order chi connectivity index (χ0) is 33.0. The summed E-state index contributed by atoms with van der Waals surface area (Å²) in [5.74, 6) is -3.95. The van der Waals surface area contributed by atoms with Gasteiger partial charge in [0, 0.05) is 11.5 Å². The number of allylic oxidation sites excluding steroid dienone is 2. The number of para-hydroxylation sites is 1. The lowest BCUT2D eigenvalue weighted by Crippen LogP contribution is -2.34. The van der Waals surface area contributed by atoms with Gasteiger partial charge >= 0.3 is 12.4 Å². The van der Waals surface area contributed by atoms with E-state index >= 15 is 0 Å². The van der Waals surface area contributed by atoms with Crippen molar-refractivity contribution in [2.75, 3.05) is 11.5 Å². The number of carbonyl (C=O) groups excluding carboxylic acids is 2. The number of nitrogens with zero attached hydrogens (tertiary/aromatic N) is 1. The van der Waals surface area contributed by atoms with Gasteiger partial charge < -0.3 is 9.84 Å². The zero-order valence-electron chi connectivity index (χ0n) is 24.5. The van der Waals surface area contributed by atoms with E-state index < -0.39 is 64.8 Å². The van der Waals surface area contributed by atoms with Gasteiger partial charge in [0.1, 0.15) is 5.75 Å². The number of anilines is 1. The molecule has 6 rings (SSSR count). The normalized spacial score (nSPS) is 23.6. The second-order valence-corrected chi connectivity index (χ2v) is 11.9. The fourth-order valence-corrected chi connectivity index (χ4v) is 6.99. The molecule has 2 fully saturated rings. The largest absolute Gasteiger partial charge is 0.507 e. The molecule has 2 amide bonds. The number of aromatic hydroxyl groups is 1. The second-order valence-electron chi connectivity index (χ2n) is 11.9. The quantitative estimate of drug-likeness (QED) is 0.127. The van der Waals surface area contributed by atoms with Gasteiger partial charge in [0.15, 0.2) is 0 Å². The van der Waals surface area contributed by atoms with Crippen LogP contribution in [-0.4, -0.2) is 29.6 Å². The minimum absolute atomic E-state index is 0.0297. The summed E-state index contributed by atoms with van der Waals surface area (Å²) in [5.41, 5.74) is 0.243. The number of phenols is 1. The number of hydrogen-bond acceptors (Lipinski definition) is 4. The summed E-state index contributed by atoms with van der Waals surface area (Å²) in [6.07, 6.45) is -7.59. The van der Waals surface area contributed by atoms with Crippen LogP contribution in [0.2, 0.25) is 0 Å². The van der Waals surface area contributed by atoms with Crippen molar-refractivity contribution in [1.82, 2.24) is 0 Å². The lowest BCUT2D eigenvalue weighted by Gasteiger charge is -2.30. The zero-order valence-corrected chi connectivity index (χ0v) is 24.5. The Hall–Kier alpha value is -4.38. The van der Waals surface area contributed by atoms with Gasteiger partial charge in [-0.05, 0) is 73.2 Å². The van der Waals surface area contributed by atoms with Crippen LogP contribution in [0.1, 0.15) is 48.4 Å². The highest BCUT2D eigenvalue weighted by Gasteiger charge is 2.57. The molecule has 0 unspecified atom stereocenters. The summed E-state index contributed by atoms with van der Waals surface area (Å²) in [7, 11) is 0. The number of rotatable bonds is 6. The Bertz CT molecular complexity index is 1710. The molecule has 46 heavy (non-hydrogen) atoms. The molecule has 11 heteroatoms. The third-order valence-electron chi connectivity index (χ3n) is 9.07. The monoisotopic (exact) mass is 641 g/mol. The maximum atomic E-state index is 13.7. The van der Waals surface area contributed by atoms with Crippen molar-refractivity contribution >= 4 is 29.2 Å². The van der Waals surface area contributed by atoms with Crippen LogP contribution in [0.25, 0.3) is 11.6 Å². The van der Waals surface area contributed by atoms with Gasteiger partial charge in [-0.3, -0.25) is 9.59 Å². The van der Waals surface area contributed by atoms with Crippen molar-refractivity contribution in [2.45, 2.75) is 44.6 Å². The molecule has 2 saturated heterocycles. The summed E-state index contributed by atoms with van der Waals surface area (Å²) in [4.78, 5) is 27.8. The number of ether oxygens (including phenoxy) is 1. The molecule has 0 aromatic heterocycles. The van der Waals surface area contributed by atoms with Crippen molar-refractivity contribution in [3.05, 3.63) is 106 Å². The lowest BCUT2D eigenvalue weighted by molar-refractivity contribution is -0.143. The number of alkyl halides is 6. The minimum Gasteiger partial charge on any atom is -0.507 e. The molecule has 2 heterocycles. The van der Waals surface area contributed by atoms with E-state index in [0.717, 1.165) is 22.3 Å². The molecule has 1 N–H and O–H groups in total. The third-order valence-corrected chi connectivity index (χ3v) is 9.07. The Labute approximate surface area is 260 Å². The van der Waals surface area contributed by atoms with E-state index in [-0.39, 0.29) is 24.8 Å².